The molecule has 0 N–H and O–H groups in total. The summed E-state index contributed by atoms with van der Waals surface area (Å²) < 4.78 is 10.2. The van der Waals surface area contributed by atoms with Crippen molar-refractivity contribution < 1.29 is 24.7 Å². The second kappa shape index (κ2) is 8.29. The van der Waals surface area contributed by atoms with E-state index in [1.165, 1.54) is 6.08 Å². The average Bonchev–Trinajstić information content (AvgIpc) is 2.29. The van der Waals surface area contributed by atoms with Crippen LogP contribution in [-0.2, 0) is 24.7 Å². The first-order valence-corrected chi connectivity index (χ1v) is 5.26. The maximum atomic E-state index is 10.2. The van der Waals surface area contributed by atoms with Crippen molar-refractivity contribution in [2.75, 3.05) is 0 Å². The molecule has 4 heteroatoms. The second-order valence-corrected chi connectivity index (χ2v) is 3.58. The number of hydrogen-bond donors (Lipinski definition) is 0. The fourth-order valence-corrected chi connectivity index (χ4v) is 1.18. The van der Waals surface area contributed by atoms with Crippen molar-refractivity contribution >= 4 is 19.5 Å². The Morgan fingerprint density at radius 2 is 2.25 bits per heavy atom. The van der Waals surface area contributed by atoms with Crippen LogP contribution in [0.5, 0.6) is 0 Å². The van der Waals surface area contributed by atoms with Gasteiger partial charge in [0, 0.05) is 20.1 Å². The van der Waals surface area contributed by atoms with Crippen molar-refractivity contribution in [3.8, 4) is 0 Å². The Bertz CT molecular complexity index is 412. The number of hydrogen-bond acceptors (Lipinski definition) is 1. The van der Waals surface area contributed by atoms with Gasteiger partial charge in [0.1, 0.15) is 0 Å². The summed E-state index contributed by atoms with van der Waals surface area (Å²) in [6.07, 6.45) is 4.87. The molecule has 0 atom stereocenters. The first kappa shape index (κ1) is 15.1. The smallest absolute Gasteiger partial charge is 0.166 e. The van der Waals surface area contributed by atoms with Crippen molar-refractivity contribution in [1.82, 2.24) is 0 Å². The first-order chi connectivity index (χ1) is 7.24. The summed E-state index contributed by atoms with van der Waals surface area (Å²) in [6, 6.07) is 10.7. The maximum absolute atomic E-state index is 10.2. The summed E-state index contributed by atoms with van der Waals surface area (Å²) >= 11 is 0. The number of allylic oxidation sites excluding steroid dienone is 4. The topological polar surface area (TPSA) is 39.4 Å². The van der Waals surface area contributed by atoms with Gasteiger partial charge in [-0.2, -0.15) is 0 Å². The van der Waals surface area contributed by atoms with Gasteiger partial charge in [-0.05, 0) is 0 Å². The van der Waals surface area contributed by atoms with Crippen LogP contribution in [0.2, 0.25) is 0 Å². The SMILES string of the molecule is C/C(=C\C=C/C(=[N-])P=O)c1[c-]cccc1.[Ir]. The molecule has 0 heterocycles. The van der Waals surface area contributed by atoms with E-state index in [0.29, 0.717) is 0 Å². The van der Waals surface area contributed by atoms with Crippen LogP contribution in [0.15, 0.2) is 42.5 Å². The Balaban J connectivity index is 0.00000225. The largest absolute Gasteiger partial charge is 0.797 e. The predicted molar refractivity (Wildman–Crippen MR) is 64.0 cm³/mol. The molecule has 0 aliphatic carbocycles. The quantitative estimate of drug-likeness (QED) is 0.325. The molecule has 0 fully saturated rings. The van der Waals surface area contributed by atoms with Gasteiger partial charge < -0.3 is 5.41 Å². The first-order valence-electron chi connectivity index (χ1n) is 4.45. The summed E-state index contributed by atoms with van der Waals surface area (Å²) in [6.45, 7) is 1.95. The van der Waals surface area contributed by atoms with Gasteiger partial charge in [0.05, 0.1) is 0 Å². The molecule has 1 rings (SSSR count). The summed E-state index contributed by atoms with van der Waals surface area (Å²) in [5.41, 5.74) is 1.85. The molecule has 0 amide bonds. The number of nitrogens with zero attached hydrogens (tertiary/aromatic N) is 1. The van der Waals surface area contributed by atoms with Crippen molar-refractivity contribution in [1.29, 1.82) is 0 Å². The molecule has 0 bridgehead atoms. The van der Waals surface area contributed by atoms with E-state index in [-0.39, 0.29) is 34.0 Å². The van der Waals surface area contributed by atoms with Crippen LogP contribution in [0, 0.1) is 6.07 Å². The molecular weight excluding hydrogens is 397 g/mol. The maximum Gasteiger partial charge on any atom is 0.166 e. The van der Waals surface area contributed by atoms with Gasteiger partial charge in [0.2, 0.25) is 0 Å². The van der Waals surface area contributed by atoms with Crippen LogP contribution >= 0.6 is 8.46 Å². The molecule has 1 radical (unpaired) electrons. The average molecular weight is 407 g/mol. The zero-order chi connectivity index (χ0) is 11.1. The Hall–Kier alpha value is -0.881. The van der Waals surface area contributed by atoms with E-state index < -0.39 is 0 Å². The Labute approximate surface area is 111 Å². The second-order valence-electron chi connectivity index (χ2n) is 2.93. The van der Waals surface area contributed by atoms with Crippen molar-refractivity contribution in [2.24, 2.45) is 0 Å². The minimum atomic E-state index is -0.365. The van der Waals surface area contributed by atoms with Crippen LogP contribution < -0.4 is 0 Å². The molecule has 0 aliphatic rings. The zero-order valence-electron chi connectivity index (χ0n) is 8.68. The summed E-state index contributed by atoms with van der Waals surface area (Å²) in [7, 11) is -0.365. The molecule has 1 aromatic rings. The van der Waals surface area contributed by atoms with Crippen LogP contribution in [0.1, 0.15) is 12.5 Å². The van der Waals surface area contributed by atoms with Gasteiger partial charge in [-0.25, -0.2) is 0 Å². The zero-order valence-corrected chi connectivity index (χ0v) is 12.0. The number of rotatable bonds is 4. The third-order valence-electron chi connectivity index (χ3n) is 1.82. The molecule has 1 aromatic carbocycles. The van der Waals surface area contributed by atoms with E-state index in [1.54, 1.807) is 6.08 Å². The monoisotopic (exact) mass is 408 g/mol. The molecule has 0 aromatic heterocycles. The number of benzene rings is 1. The summed E-state index contributed by atoms with van der Waals surface area (Å²) in [5.74, 6) is 0. The van der Waals surface area contributed by atoms with Crippen LogP contribution in [0.3, 0.4) is 0 Å². The molecule has 85 valence electrons. The summed E-state index contributed by atoms with van der Waals surface area (Å²) in [5, 5.41) is 8.91. The minimum absolute atomic E-state index is 0. The van der Waals surface area contributed by atoms with E-state index in [4.69, 9.17) is 5.41 Å². The van der Waals surface area contributed by atoms with E-state index in [1.807, 2.05) is 37.3 Å². The van der Waals surface area contributed by atoms with Crippen LogP contribution in [0.4, 0.5) is 0 Å². The normalized spacial score (nSPS) is 11.4. The van der Waals surface area contributed by atoms with Gasteiger partial charge in [-0.3, -0.25) is 4.57 Å². The standard InChI is InChI=1S/C12H10NOP.Ir/c1-10(6-5-9-12(13)15-14)11-7-3-2-4-8-11;/h2-7,9H,1H3;/q-2;/b9-5-,10-6+;. The molecule has 0 spiro atoms. The van der Waals surface area contributed by atoms with Crippen molar-refractivity contribution in [3.05, 3.63) is 59.5 Å². The third kappa shape index (κ3) is 5.27. The Kier molecular flexibility index (Phi) is 7.84. The molecule has 0 unspecified atom stereocenters. The van der Waals surface area contributed by atoms with Crippen molar-refractivity contribution in [2.45, 2.75) is 6.92 Å². The van der Waals surface area contributed by atoms with Gasteiger partial charge in [0.25, 0.3) is 0 Å². The predicted octanol–water partition coefficient (Wildman–Crippen LogP) is 3.70. The molecular formula is C12H10IrNOP-2. The van der Waals surface area contributed by atoms with Crippen LogP contribution in [-0.4, -0.2) is 5.45 Å². The van der Waals surface area contributed by atoms with Gasteiger partial charge >= 0.3 is 0 Å². The van der Waals surface area contributed by atoms with Gasteiger partial charge in [0.15, 0.2) is 8.46 Å². The van der Waals surface area contributed by atoms with Gasteiger partial charge in [-0.15, -0.1) is 47.5 Å². The Morgan fingerprint density at radius 3 is 2.81 bits per heavy atom. The minimum Gasteiger partial charge on any atom is -0.797 e. The van der Waals surface area contributed by atoms with E-state index in [2.05, 4.69) is 6.07 Å². The van der Waals surface area contributed by atoms with E-state index >= 15 is 0 Å². The van der Waals surface area contributed by atoms with E-state index in [9.17, 15) is 4.57 Å². The fraction of sp³-hybridized carbons (Fsp3) is 0.0833. The molecule has 0 aliphatic heterocycles. The fourth-order valence-electron chi connectivity index (χ4n) is 1.04. The van der Waals surface area contributed by atoms with Gasteiger partial charge in [-0.1, -0.05) is 24.5 Å². The third-order valence-corrected chi connectivity index (χ3v) is 2.16. The van der Waals surface area contributed by atoms with Crippen LogP contribution in [0.25, 0.3) is 11.0 Å². The van der Waals surface area contributed by atoms with E-state index in [0.717, 1.165) is 11.1 Å². The molecule has 16 heavy (non-hydrogen) atoms. The Morgan fingerprint density at radius 1 is 1.50 bits per heavy atom. The summed E-state index contributed by atoms with van der Waals surface area (Å²) in [4.78, 5) is 0. The molecule has 0 saturated carbocycles. The van der Waals surface area contributed by atoms with Crippen molar-refractivity contribution in [3.63, 3.8) is 0 Å². The molecule has 0 saturated heterocycles. The molecule has 2 nitrogen and oxygen atoms in total.